The zero-order valence-corrected chi connectivity index (χ0v) is 23.2. The molecule has 5 aliphatic rings. The number of nitrogens with zero attached hydrogens (tertiary/aromatic N) is 1. The van der Waals surface area contributed by atoms with E-state index in [1.807, 2.05) is 12.1 Å². The van der Waals surface area contributed by atoms with Crippen LogP contribution in [0.15, 0.2) is 29.8 Å². The molecule has 0 amide bonds. The zero-order valence-electron chi connectivity index (χ0n) is 22.5. The van der Waals surface area contributed by atoms with Gasteiger partial charge in [-0.1, -0.05) is 43.7 Å². The fourth-order valence-electron chi connectivity index (χ4n) is 9.80. The normalized spacial score (nSPS) is 43.6. The standard InChI is InChI=1S/C32H44ClNO2/c1-21(35)36-30-23(18-22-6-9-25(33)10-7-22)19-29-27-11-8-24-20-26(34-16-4-5-17-34)12-14-31(24,2)28(27)13-15-32(29,30)3/h6-7,9-10,18,24,26-30H,4-5,8,11-17,19-20H2,1-3H3/b23-18+/t24-,26-,27+,28-,29-,30-,31-,32-/m0/s1. The number of fused-ring (bicyclic) bond motifs is 5. The number of carbonyl (C=O) groups excluding carboxylic acids is 1. The first-order valence-corrected chi connectivity index (χ1v) is 15.0. The van der Waals surface area contributed by atoms with Gasteiger partial charge in [0.05, 0.1) is 0 Å². The van der Waals surface area contributed by atoms with Gasteiger partial charge < -0.3 is 9.64 Å². The van der Waals surface area contributed by atoms with Gasteiger partial charge in [-0.15, -0.1) is 0 Å². The van der Waals surface area contributed by atoms with E-state index in [1.165, 1.54) is 76.5 Å². The molecule has 4 saturated carbocycles. The number of rotatable bonds is 3. The van der Waals surface area contributed by atoms with Crippen LogP contribution in [0.2, 0.25) is 5.02 Å². The maximum atomic E-state index is 12.2. The van der Waals surface area contributed by atoms with E-state index in [0.29, 0.717) is 11.3 Å². The summed E-state index contributed by atoms with van der Waals surface area (Å²) in [5.41, 5.74) is 2.99. The Morgan fingerprint density at radius 2 is 1.72 bits per heavy atom. The summed E-state index contributed by atoms with van der Waals surface area (Å²) in [6.45, 7) is 9.35. The van der Waals surface area contributed by atoms with Crippen LogP contribution in [0.4, 0.5) is 0 Å². The SMILES string of the molecule is CC(=O)O[C@H]1/C(=C/c2ccc(Cl)cc2)C[C@H]2[C@@H]3CC[C@H]4C[C@@H](N5CCCC5)CC[C@]4(C)[C@H]3CC[C@]12C. The summed E-state index contributed by atoms with van der Waals surface area (Å²) < 4.78 is 6.14. The molecule has 36 heavy (non-hydrogen) atoms. The van der Waals surface area contributed by atoms with E-state index in [9.17, 15) is 4.79 Å². The molecule has 4 heteroatoms. The Labute approximate surface area is 223 Å². The number of likely N-dealkylation sites (tertiary alicyclic amines) is 1. The number of halogens is 1. The summed E-state index contributed by atoms with van der Waals surface area (Å²) in [5.74, 6) is 2.91. The molecule has 0 unspecified atom stereocenters. The van der Waals surface area contributed by atoms with Crippen molar-refractivity contribution in [2.75, 3.05) is 13.1 Å². The molecule has 6 rings (SSSR count). The van der Waals surface area contributed by atoms with Crippen molar-refractivity contribution in [3.8, 4) is 0 Å². The summed E-state index contributed by atoms with van der Waals surface area (Å²) in [6.07, 6.45) is 15.5. The Kier molecular flexibility index (Phi) is 6.56. The number of hydrogen-bond donors (Lipinski definition) is 0. The molecule has 5 fully saturated rings. The molecule has 1 saturated heterocycles. The summed E-state index contributed by atoms with van der Waals surface area (Å²) in [4.78, 5) is 15.1. The van der Waals surface area contributed by atoms with Gasteiger partial charge in [0, 0.05) is 23.4 Å². The monoisotopic (exact) mass is 509 g/mol. The predicted octanol–water partition coefficient (Wildman–Crippen LogP) is 7.77. The Balaban J connectivity index is 1.26. The van der Waals surface area contributed by atoms with Crippen LogP contribution in [0.1, 0.15) is 90.5 Å². The quantitative estimate of drug-likeness (QED) is 0.390. The average molecular weight is 510 g/mol. The lowest BCUT2D eigenvalue weighted by Crippen LogP contribution is -2.55. The lowest BCUT2D eigenvalue weighted by atomic mass is 9.45. The molecule has 0 spiro atoms. The molecule has 0 bridgehead atoms. The molecule has 1 heterocycles. The first-order valence-electron chi connectivity index (χ1n) is 14.7. The highest BCUT2D eigenvalue weighted by Crippen LogP contribution is 2.67. The van der Waals surface area contributed by atoms with Crippen LogP contribution in [0, 0.1) is 34.5 Å². The van der Waals surface area contributed by atoms with Gasteiger partial charge in [-0.25, -0.2) is 0 Å². The van der Waals surface area contributed by atoms with Crippen molar-refractivity contribution >= 4 is 23.6 Å². The van der Waals surface area contributed by atoms with Crippen LogP contribution >= 0.6 is 11.6 Å². The molecule has 1 aromatic carbocycles. The Morgan fingerprint density at radius 1 is 1.00 bits per heavy atom. The minimum absolute atomic E-state index is 0.0427. The van der Waals surface area contributed by atoms with Gasteiger partial charge in [0.25, 0.3) is 0 Å². The topological polar surface area (TPSA) is 29.5 Å². The van der Waals surface area contributed by atoms with Gasteiger partial charge in [0.2, 0.25) is 0 Å². The number of ether oxygens (including phenoxy) is 1. The van der Waals surface area contributed by atoms with E-state index in [4.69, 9.17) is 16.3 Å². The van der Waals surface area contributed by atoms with Crippen molar-refractivity contribution in [1.29, 1.82) is 0 Å². The zero-order chi connectivity index (χ0) is 25.1. The lowest BCUT2D eigenvalue weighted by Gasteiger charge is -2.61. The fourth-order valence-corrected chi connectivity index (χ4v) is 9.93. The highest BCUT2D eigenvalue weighted by atomic mass is 35.5. The van der Waals surface area contributed by atoms with Crippen molar-refractivity contribution < 1.29 is 9.53 Å². The Morgan fingerprint density at radius 3 is 2.44 bits per heavy atom. The Hall–Kier alpha value is -1.32. The molecule has 0 radical (unpaired) electrons. The highest BCUT2D eigenvalue weighted by Gasteiger charge is 2.62. The summed E-state index contributed by atoms with van der Waals surface area (Å²) in [6, 6.07) is 8.91. The minimum Gasteiger partial charge on any atom is -0.457 e. The largest absolute Gasteiger partial charge is 0.457 e. The van der Waals surface area contributed by atoms with E-state index in [0.717, 1.165) is 40.8 Å². The van der Waals surface area contributed by atoms with E-state index < -0.39 is 0 Å². The van der Waals surface area contributed by atoms with Crippen LogP contribution < -0.4 is 0 Å². The van der Waals surface area contributed by atoms with E-state index >= 15 is 0 Å². The number of benzene rings is 1. The van der Waals surface area contributed by atoms with Gasteiger partial charge >= 0.3 is 5.97 Å². The molecule has 4 aliphatic carbocycles. The van der Waals surface area contributed by atoms with E-state index in [-0.39, 0.29) is 17.5 Å². The minimum atomic E-state index is -0.151. The third-order valence-electron chi connectivity index (χ3n) is 11.6. The molecule has 1 aliphatic heterocycles. The summed E-state index contributed by atoms with van der Waals surface area (Å²) >= 11 is 6.15. The van der Waals surface area contributed by atoms with Gasteiger partial charge in [-0.2, -0.15) is 0 Å². The van der Waals surface area contributed by atoms with Crippen molar-refractivity contribution in [3.05, 3.63) is 40.4 Å². The molecule has 0 aromatic heterocycles. The second kappa shape index (κ2) is 9.45. The second-order valence-electron chi connectivity index (χ2n) is 13.3. The van der Waals surface area contributed by atoms with Gasteiger partial charge in [0.15, 0.2) is 0 Å². The van der Waals surface area contributed by atoms with Gasteiger partial charge in [-0.05, 0) is 130 Å². The van der Waals surface area contributed by atoms with Gasteiger partial charge in [-0.3, -0.25) is 4.79 Å². The van der Waals surface area contributed by atoms with Crippen LogP contribution in [0.5, 0.6) is 0 Å². The fraction of sp³-hybridized carbons (Fsp3) is 0.719. The maximum absolute atomic E-state index is 12.2. The van der Waals surface area contributed by atoms with Crippen molar-refractivity contribution in [2.24, 2.45) is 34.5 Å². The summed E-state index contributed by atoms with van der Waals surface area (Å²) in [7, 11) is 0. The molecule has 196 valence electrons. The number of esters is 1. The number of carbonyl (C=O) groups is 1. The first kappa shape index (κ1) is 25.0. The Bertz CT molecular complexity index is 1010. The van der Waals surface area contributed by atoms with Crippen molar-refractivity contribution in [1.82, 2.24) is 4.90 Å². The molecular formula is C32H44ClNO2. The number of hydrogen-bond acceptors (Lipinski definition) is 3. The average Bonchev–Trinajstić information content (AvgIpc) is 3.47. The summed E-state index contributed by atoms with van der Waals surface area (Å²) in [5, 5.41) is 0.757. The predicted molar refractivity (Wildman–Crippen MR) is 147 cm³/mol. The smallest absolute Gasteiger partial charge is 0.303 e. The molecule has 8 atom stereocenters. The molecular weight excluding hydrogens is 466 g/mol. The van der Waals surface area contributed by atoms with Crippen LogP contribution in [0.25, 0.3) is 6.08 Å². The second-order valence-corrected chi connectivity index (χ2v) is 13.8. The molecule has 1 aromatic rings. The lowest BCUT2D eigenvalue weighted by molar-refractivity contribution is -0.160. The molecule has 0 N–H and O–H groups in total. The third-order valence-corrected chi connectivity index (χ3v) is 11.9. The van der Waals surface area contributed by atoms with Gasteiger partial charge in [0.1, 0.15) is 6.10 Å². The van der Waals surface area contributed by atoms with E-state index in [2.05, 4.69) is 37.0 Å². The van der Waals surface area contributed by atoms with Crippen LogP contribution in [-0.4, -0.2) is 36.1 Å². The first-order chi connectivity index (χ1) is 17.3. The van der Waals surface area contributed by atoms with E-state index in [1.54, 1.807) is 6.92 Å². The van der Waals surface area contributed by atoms with Crippen LogP contribution in [-0.2, 0) is 9.53 Å². The maximum Gasteiger partial charge on any atom is 0.303 e. The molecule has 3 nitrogen and oxygen atoms in total. The van der Waals surface area contributed by atoms with Crippen molar-refractivity contribution in [2.45, 2.75) is 97.1 Å². The van der Waals surface area contributed by atoms with Crippen molar-refractivity contribution in [3.63, 3.8) is 0 Å². The third kappa shape index (κ3) is 4.17. The highest BCUT2D eigenvalue weighted by molar-refractivity contribution is 6.30. The van der Waals surface area contributed by atoms with Crippen LogP contribution in [0.3, 0.4) is 0 Å².